The number of rotatable bonds is 5. The van der Waals surface area contributed by atoms with Gasteiger partial charge in [0, 0.05) is 23.6 Å². The lowest BCUT2D eigenvalue weighted by atomic mass is 9.95. The van der Waals surface area contributed by atoms with Crippen LogP contribution in [0.5, 0.6) is 11.5 Å². The van der Waals surface area contributed by atoms with Crippen molar-refractivity contribution in [2.75, 3.05) is 19.1 Å². The molecule has 1 N–H and O–H groups in total. The molecule has 1 unspecified atom stereocenters. The Kier molecular flexibility index (Phi) is 5.41. The molecule has 31 heavy (non-hydrogen) atoms. The van der Waals surface area contributed by atoms with Crippen LogP contribution in [0.4, 0.5) is 5.69 Å². The zero-order valence-corrected chi connectivity index (χ0v) is 17.0. The molecule has 1 atom stereocenters. The minimum absolute atomic E-state index is 0.000251. The highest BCUT2D eigenvalue weighted by Gasteiger charge is 2.47. The fourth-order valence-electron chi connectivity index (χ4n) is 3.63. The molecule has 2 aromatic carbocycles. The van der Waals surface area contributed by atoms with Crippen LogP contribution in [-0.4, -0.2) is 36.0 Å². The molecule has 3 aromatic rings. The number of amides is 1. The number of benzene rings is 2. The summed E-state index contributed by atoms with van der Waals surface area (Å²) in [7, 11) is 3.06. The Morgan fingerprint density at radius 1 is 0.935 bits per heavy atom. The normalized spacial score (nSPS) is 17.6. The quantitative estimate of drug-likeness (QED) is 0.387. The molecule has 2 heterocycles. The Hall–Kier alpha value is -4.13. The minimum Gasteiger partial charge on any atom is -0.507 e. The number of hydrogen-bond donors (Lipinski definition) is 1. The van der Waals surface area contributed by atoms with Crippen LogP contribution >= 0.6 is 0 Å². The SMILES string of the molecule is COc1ccc(N2C(=O)C(=O)/C(=C(\O)c3cccc(OC)c3)C2c2ccncc2)cc1. The number of aliphatic hydroxyl groups is 1. The first kappa shape index (κ1) is 20.2. The van der Waals surface area contributed by atoms with Crippen molar-refractivity contribution in [3.8, 4) is 11.5 Å². The smallest absolute Gasteiger partial charge is 0.300 e. The molecule has 1 saturated heterocycles. The summed E-state index contributed by atoms with van der Waals surface area (Å²) in [4.78, 5) is 31.6. The van der Waals surface area contributed by atoms with E-state index < -0.39 is 17.7 Å². The Labute approximate surface area is 179 Å². The number of methoxy groups -OCH3 is 2. The average Bonchev–Trinajstić information content (AvgIpc) is 3.09. The van der Waals surface area contributed by atoms with E-state index in [9.17, 15) is 14.7 Å². The molecule has 1 aliphatic rings. The molecule has 156 valence electrons. The molecule has 1 aromatic heterocycles. The van der Waals surface area contributed by atoms with Gasteiger partial charge >= 0.3 is 0 Å². The molecule has 0 spiro atoms. The Bertz CT molecular complexity index is 1160. The summed E-state index contributed by atoms with van der Waals surface area (Å²) in [6.07, 6.45) is 3.16. The number of aromatic nitrogens is 1. The van der Waals surface area contributed by atoms with Gasteiger partial charge < -0.3 is 14.6 Å². The molecule has 1 amide bonds. The van der Waals surface area contributed by atoms with E-state index in [1.165, 1.54) is 12.0 Å². The highest BCUT2D eigenvalue weighted by Crippen LogP contribution is 2.42. The third-order valence-electron chi connectivity index (χ3n) is 5.16. The average molecular weight is 416 g/mol. The summed E-state index contributed by atoms with van der Waals surface area (Å²) in [6, 6.07) is 16.1. The fourth-order valence-corrected chi connectivity index (χ4v) is 3.63. The lowest BCUT2D eigenvalue weighted by Gasteiger charge is -2.25. The van der Waals surface area contributed by atoms with Crippen molar-refractivity contribution in [2.24, 2.45) is 0 Å². The molecule has 0 radical (unpaired) electrons. The number of pyridine rings is 1. The zero-order chi connectivity index (χ0) is 22.0. The van der Waals surface area contributed by atoms with E-state index >= 15 is 0 Å². The topological polar surface area (TPSA) is 89.0 Å². The van der Waals surface area contributed by atoms with Gasteiger partial charge in [0.05, 0.1) is 25.8 Å². The number of carbonyl (C=O) groups is 2. The van der Waals surface area contributed by atoms with Crippen LogP contribution in [0, 0.1) is 0 Å². The van der Waals surface area contributed by atoms with Gasteiger partial charge in [-0.25, -0.2) is 0 Å². The van der Waals surface area contributed by atoms with E-state index in [1.807, 2.05) is 0 Å². The number of ketones is 1. The first-order valence-corrected chi connectivity index (χ1v) is 9.54. The summed E-state index contributed by atoms with van der Waals surface area (Å²) in [5, 5.41) is 11.1. The molecule has 0 bridgehead atoms. The predicted molar refractivity (Wildman–Crippen MR) is 115 cm³/mol. The van der Waals surface area contributed by atoms with Gasteiger partial charge in [-0.1, -0.05) is 12.1 Å². The van der Waals surface area contributed by atoms with Crippen LogP contribution in [0.15, 0.2) is 78.6 Å². The van der Waals surface area contributed by atoms with Gasteiger partial charge in [-0.2, -0.15) is 0 Å². The molecule has 1 aliphatic heterocycles. The summed E-state index contributed by atoms with van der Waals surface area (Å²) in [6.45, 7) is 0. The first-order valence-electron chi connectivity index (χ1n) is 9.54. The number of carbonyl (C=O) groups excluding carboxylic acids is 2. The van der Waals surface area contributed by atoms with E-state index in [0.717, 1.165) is 0 Å². The van der Waals surface area contributed by atoms with Crippen LogP contribution in [0.2, 0.25) is 0 Å². The highest BCUT2D eigenvalue weighted by atomic mass is 16.5. The number of hydrogen-bond acceptors (Lipinski definition) is 6. The van der Waals surface area contributed by atoms with Crippen molar-refractivity contribution in [2.45, 2.75) is 6.04 Å². The lowest BCUT2D eigenvalue weighted by molar-refractivity contribution is -0.132. The summed E-state index contributed by atoms with van der Waals surface area (Å²) < 4.78 is 10.4. The van der Waals surface area contributed by atoms with Crippen molar-refractivity contribution in [1.29, 1.82) is 0 Å². The van der Waals surface area contributed by atoms with Gasteiger partial charge in [0.15, 0.2) is 0 Å². The fraction of sp³-hybridized carbons (Fsp3) is 0.125. The van der Waals surface area contributed by atoms with Crippen molar-refractivity contribution in [1.82, 2.24) is 4.98 Å². The van der Waals surface area contributed by atoms with Crippen LogP contribution in [0.3, 0.4) is 0 Å². The van der Waals surface area contributed by atoms with Gasteiger partial charge in [0.2, 0.25) is 0 Å². The number of Topliss-reactive ketones (excluding diaryl/α,β-unsaturated/α-hetero) is 1. The van der Waals surface area contributed by atoms with Gasteiger partial charge in [-0.15, -0.1) is 0 Å². The molecule has 7 nitrogen and oxygen atoms in total. The van der Waals surface area contributed by atoms with Crippen LogP contribution in [0.25, 0.3) is 5.76 Å². The second kappa shape index (κ2) is 8.31. The van der Waals surface area contributed by atoms with Crippen LogP contribution in [0.1, 0.15) is 17.2 Å². The summed E-state index contributed by atoms with van der Waals surface area (Å²) >= 11 is 0. The second-order valence-electron chi connectivity index (χ2n) is 6.88. The van der Waals surface area contributed by atoms with Crippen LogP contribution in [-0.2, 0) is 9.59 Å². The zero-order valence-electron chi connectivity index (χ0n) is 17.0. The number of ether oxygens (including phenoxy) is 2. The van der Waals surface area contributed by atoms with Crippen molar-refractivity contribution >= 4 is 23.1 Å². The Balaban J connectivity index is 1.91. The van der Waals surface area contributed by atoms with E-state index in [1.54, 1.807) is 80.2 Å². The predicted octanol–water partition coefficient (Wildman–Crippen LogP) is 3.73. The largest absolute Gasteiger partial charge is 0.507 e. The van der Waals surface area contributed by atoms with E-state index in [-0.39, 0.29) is 11.3 Å². The van der Waals surface area contributed by atoms with Crippen molar-refractivity contribution in [3.05, 3.63) is 89.8 Å². The first-order chi connectivity index (χ1) is 15.0. The molecule has 7 heteroatoms. The maximum Gasteiger partial charge on any atom is 0.300 e. The molecule has 0 saturated carbocycles. The van der Waals surface area contributed by atoms with Crippen LogP contribution < -0.4 is 14.4 Å². The second-order valence-corrected chi connectivity index (χ2v) is 6.88. The molecule has 0 aliphatic carbocycles. The molecule has 1 fully saturated rings. The third-order valence-corrected chi connectivity index (χ3v) is 5.16. The van der Waals surface area contributed by atoms with E-state index in [0.29, 0.717) is 28.3 Å². The standard InChI is InChI=1S/C24H20N2O5/c1-30-18-8-6-17(7-9-18)26-21(15-10-12-25-13-11-15)20(23(28)24(26)29)22(27)16-4-3-5-19(14-16)31-2/h3-14,21,27H,1-2H3/b22-20-. The number of aliphatic hydroxyl groups excluding tert-OH is 1. The van der Waals surface area contributed by atoms with Gasteiger partial charge in [-0.05, 0) is 54.1 Å². The molecular weight excluding hydrogens is 396 g/mol. The monoisotopic (exact) mass is 416 g/mol. The maximum absolute atomic E-state index is 13.1. The minimum atomic E-state index is -0.817. The van der Waals surface area contributed by atoms with Gasteiger partial charge in [-0.3, -0.25) is 19.5 Å². The number of anilines is 1. The van der Waals surface area contributed by atoms with Crippen molar-refractivity contribution < 1.29 is 24.2 Å². The Morgan fingerprint density at radius 2 is 1.61 bits per heavy atom. The van der Waals surface area contributed by atoms with E-state index in [4.69, 9.17) is 9.47 Å². The third kappa shape index (κ3) is 3.61. The van der Waals surface area contributed by atoms with Crippen molar-refractivity contribution in [3.63, 3.8) is 0 Å². The number of nitrogens with zero attached hydrogens (tertiary/aromatic N) is 2. The Morgan fingerprint density at radius 3 is 2.26 bits per heavy atom. The summed E-state index contributed by atoms with van der Waals surface area (Å²) in [5.41, 5.74) is 1.54. The van der Waals surface area contributed by atoms with E-state index in [2.05, 4.69) is 4.98 Å². The lowest BCUT2D eigenvalue weighted by Crippen LogP contribution is -2.29. The van der Waals surface area contributed by atoms with Gasteiger partial charge in [0.1, 0.15) is 17.3 Å². The summed E-state index contributed by atoms with van der Waals surface area (Å²) in [5.74, 6) is -0.615. The van der Waals surface area contributed by atoms with Gasteiger partial charge in [0.25, 0.3) is 11.7 Å². The maximum atomic E-state index is 13.1. The highest BCUT2D eigenvalue weighted by molar-refractivity contribution is 6.51. The molecule has 4 rings (SSSR count). The molecular formula is C24H20N2O5.